The van der Waals surface area contributed by atoms with E-state index in [4.69, 9.17) is 0 Å². The van der Waals surface area contributed by atoms with E-state index in [1.54, 1.807) is 6.07 Å². The Bertz CT molecular complexity index is 568. The Morgan fingerprint density at radius 1 is 0.944 bits per heavy atom. The highest BCUT2D eigenvalue weighted by Crippen LogP contribution is 2.34. The van der Waals surface area contributed by atoms with Gasteiger partial charge in [-0.05, 0) is 42.7 Å². The number of hydrogen-bond donors (Lipinski definition) is 1. The lowest BCUT2D eigenvalue weighted by molar-refractivity contribution is 0.474. The summed E-state index contributed by atoms with van der Waals surface area (Å²) in [5, 5.41) is 9.52. The predicted octanol–water partition coefficient (Wildman–Crippen LogP) is 4.33. The molecular weight excluding hydrogens is 220 g/mol. The van der Waals surface area contributed by atoms with Crippen molar-refractivity contribution >= 4 is 0 Å². The average molecular weight is 240 g/mol. The van der Waals surface area contributed by atoms with Gasteiger partial charge in [-0.2, -0.15) is 0 Å². The third-order valence-electron chi connectivity index (χ3n) is 3.62. The molecule has 0 aliphatic carbocycles. The Balaban J connectivity index is 2.53. The lowest BCUT2D eigenvalue weighted by Gasteiger charge is -2.28. The zero-order chi connectivity index (χ0) is 13.3. The Labute approximate surface area is 109 Å². The molecule has 0 aliphatic heterocycles. The second-order valence-corrected chi connectivity index (χ2v) is 5.49. The molecule has 0 bridgehead atoms. The summed E-state index contributed by atoms with van der Waals surface area (Å²) in [6, 6.07) is 14.2. The number of rotatable bonds is 2. The zero-order valence-electron chi connectivity index (χ0n) is 11.5. The third kappa shape index (κ3) is 2.26. The summed E-state index contributed by atoms with van der Waals surface area (Å²) in [5.74, 6) is 0.330. The number of aromatic hydroxyl groups is 1. The van der Waals surface area contributed by atoms with Crippen molar-refractivity contribution in [2.24, 2.45) is 0 Å². The van der Waals surface area contributed by atoms with E-state index < -0.39 is 0 Å². The first kappa shape index (κ1) is 12.7. The lowest BCUT2D eigenvalue weighted by Crippen LogP contribution is -2.20. The first-order valence-electron chi connectivity index (χ1n) is 6.28. The van der Waals surface area contributed by atoms with Crippen LogP contribution in [0.25, 0.3) is 0 Å². The quantitative estimate of drug-likeness (QED) is 0.828. The van der Waals surface area contributed by atoms with Gasteiger partial charge >= 0.3 is 0 Å². The minimum atomic E-state index is -0.0518. The molecule has 0 saturated heterocycles. The van der Waals surface area contributed by atoms with Gasteiger partial charge in [0.05, 0.1) is 0 Å². The SMILES string of the molecule is Cc1cccc(C(C)(C)c2ccc(O)cc2C)c1. The van der Waals surface area contributed by atoms with Gasteiger partial charge in [0.1, 0.15) is 5.75 Å². The molecule has 94 valence electrons. The van der Waals surface area contributed by atoms with Crippen molar-refractivity contribution < 1.29 is 5.11 Å². The van der Waals surface area contributed by atoms with Crippen LogP contribution in [-0.4, -0.2) is 5.11 Å². The van der Waals surface area contributed by atoms with Crippen molar-refractivity contribution in [1.29, 1.82) is 0 Å². The fourth-order valence-electron chi connectivity index (χ4n) is 2.54. The molecule has 0 saturated carbocycles. The van der Waals surface area contributed by atoms with E-state index in [0.29, 0.717) is 5.75 Å². The molecule has 2 aromatic carbocycles. The molecule has 1 N–H and O–H groups in total. The van der Waals surface area contributed by atoms with Crippen LogP contribution in [0.2, 0.25) is 0 Å². The van der Waals surface area contributed by atoms with Crippen LogP contribution in [0.4, 0.5) is 0 Å². The molecule has 0 unspecified atom stereocenters. The van der Waals surface area contributed by atoms with Gasteiger partial charge in [0.15, 0.2) is 0 Å². The van der Waals surface area contributed by atoms with Crippen LogP contribution in [0, 0.1) is 13.8 Å². The van der Waals surface area contributed by atoms with Crippen molar-refractivity contribution in [2.45, 2.75) is 33.1 Å². The van der Waals surface area contributed by atoms with Crippen molar-refractivity contribution in [3.8, 4) is 5.75 Å². The molecule has 0 heterocycles. The summed E-state index contributed by atoms with van der Waals surface area (Å²) in [6.45, 7) is 8.61. The van der Waals surface area contributed by atoms with Gasteiger partial charge in [-0.3, -0.25) is 0 Å². The number of benzene rings is 2. The fraction of sp³-hybridized carbons (Fsp3) is 0.294. The number of aryl methyl sites for hydroxylation is 2. The van der Waals surface area contributed by atoms with Crippen molar-refractivity contribution in [3.05, 3.63) is 64.7 Å². The van der Waals surface area contributed by atoms with Crippen LogP contribution in [0.5, 0.6) is 5.75 Å². The summed E-state index contributed by atoms with van der Waals surface area (Å²) >= 11 is 0. The molecule has 0 fully saturated rings. The molecule has 1 heteroatoms. The smallest absolute Gasteiger partial charge is 0.115 e. The topological polar surface area (TPSA) is 20.2 Å². The second kappa shape index (κ2) is 4.49. The highest BCUT2D eigenvalue weighted by molar-refractivity contribution is 5.45. The van der Waals surface area contributed by atoms with Gasteiger partial charge in [-0.15, -0.1) is 0 Å². The summed E-state index contributed by atoms with van der Waals surface area (Å²) in [5.41, 5.74) is 4.91. The molecule has 0 spiro atoms. The van der Waals surface area contributed by atoms with Crippen molar-refractivity contribution in [2.75, 3.05) is 0 Å². The molecule has 0 radical (unpaired) electrons. The van der Waals surface area contributed by atoms with E-state index in [9.17, 15) is 5.11 Å². The summed E-state index contributed by atoms with van der Waals surface area (Å²) in [6.07, 6.45) is 0. The van der Waals surface area contributed by atoms with E-state index in [2.05, 4.69) is 45.0 Å². The lowest BCUT2D eigenvalue weighted by atomic mass is 9.76. The molecule has 0 amide bonds. The molecule has 2 aromatic rings. The van der Waals surface area contributed by atoms with Gasteiger partial charge in [0, 0.05) is 5.41 Å². The monoisotopic (exact) mass is 240 g/mol. The van der Waals surface area contributed by atoms with Crippen molar-refractivity contribution in [1.82, 2.24) is 0 Å². The standard InChI is InChI=1S/C17H20O/c1-12-6-5-7-14(10-12)17(3,4)16-9-8-15(18)11-13(16)2/h5-11,18H,1-4H3. The maximum absolute atomic E-state index is 9.52. The highest BCUT2D eigenvalue weighted by Gasteiger charge is 2.24. The Kier molecular flexibility index (Phi) is 3.16. The van der Waals surface area contributed by atoms with Gasteiger partial charge in [-0.1, -0.05) is 49.7 Å². The van der Waals surface area contributed by atoms with Gasteiger partial charge in [-0.25, -0.2) is 0 Å². The zero-order valence-corrected chi connectivity index (χ0v) is 11.5. The maximum atomic E-state index is 9.52. The van der Waals surface area contributed by atoms with Crippen LogP contribution < -0.4 is 0 Å². The van der Waals surface area contributed by atoms with E-state index in [0.717, 1.165) is 5.56 Å². The molecule has 0 aliphatic rings. The molecule has 2 rings (SSSR count). The molecular formula is C17H20O. The minimum absolute atomic E-state index is 0.0518. The van der Waals surface area contributed by atoms with Gasteiger partial charge in [0.2, 0.25) is 0 Å². The predicted molar refractivity (Wildman–Crippen MR) is 76.2 cm³/mol. The first-order valence-corrected chi connectivity index (χ1v) is 6.28. The average Bonchev–Trinajstić information content (AvgIpc) is 2.28. The van der Waals surface area contributed by atoms with E-state index in [1.807, 2.05) is 19.1 Å². The van der Waals surface area contributed by atoms with Gasteiger partial charge in [0.25, 0.3) is 0 Å². The number of hydrogen-bond acceptors (Lipinski definition) is 1. The van der Waals surface area contributed by atoms with E-state index in [-0.39, 0.29) is 5.41 Å². The largest absolute Gasteiger partial charge is 0.508 e. The number of phenols is 1. The van der Waals surface area contributed by atoms with Crippen LogP contribution in [0.3, 0.4) is 0 Å². The highest BCUT2D eigenvalue weighted by atomic mass is 16.3. The molecule has 18 heavy (non-hydrogen) atoms. The summed E-state index contributed by atoms with van der Waals surface area (Å²) in [7, 11) is 0. The Morgan fingerprint density at radius 3 is 2.28 bits per heavy atom. The van der Waals surface area contributed by atoms with E-state index in [1.165, 1.54) is 16.7 Å². The third-order valence-corrected chi connectivity index (χ3v) is 3.62. The van der Waals surface area contributed by atoms with Crippen molar-refractivity contribution in [3.63, 3.8) is 0 Å². The number of phenolic OH excluding ortho intramolecular Hbond substituents is 1. The van der Waals surface area contributed by atoms with Crippen LogP contribution in [0.1, 0.15) is 36.1 Å². The molecule has 1 nitrogen and oxygen atoms in total. The van der Waals surface area contributed by atoms with E-state index >= 15 is 0 Å². The van der Waals surface area contributed by atoms with Crippen LogP contribution in [0.15, 0.2) is 42.5 Å². The second-order valence-electron chi connectivity index (χ2n) is 5.49. The summed E-state index contributed by atoms with van der Waals surface area (Å²) < 4.78 is 0. The first-order chi connectivity index (χ1) is 8.41. The Morgan fingerprint density at radius 2 is 1.67 bits per heavy atom. The normalized spacial score (nSPS) is 11.6. The van der Waals surface area contributed by atoms with Crippen LogP contribution in [-0.2, 0) is 5.41 Å². The van der Waals surface area contributed by atoms with Crippen LogP contribution >= 0.6 is 0 Å². The van der Waals surface area contributed by atoms with Gasteiger partial charge < -0.3 is 5.11 Å². The summed E-state index contributed by atoms with van der Waals surface area (Å²) in [4.78, 5) is 0. The fourth-order valence-corrected chi connectivity index (χ4v) is 2.54. The Hall–Kier alpha value is -1.76. The maximum Gasteiger partial charge on any atom is 0.115 e. The minimum Gasteiger partial charge on any atom is -0.508 e. The molecule has 0 aromatic heterocycles. The molecule has 0 atom stereocenters.